The summed E-state index contributed by atoms with van der Waals surface area (Å²) in [6, 6.07) is 23.1. The topological polar surface area (TPSA) is 60.2 Å². The number of rotatable bonds is 6. The Morgan fingerprint density at radius 1 is 0.893 bits per heavy atom. The zero-order valence-corrected chi connectivity index (χ0v) is 16.0. The highest BCUT2D eigenvalue weighted by molar-refractivity contribution is 6.33. The molecule has 0 saturated carbocycles. The summed E-state index contributed by atoms with van der Waals surface area (Å²) < 4.78 is 11.2. The monoisotopic (exact) mass is 391 g/mol. The van der Waals surface area contributed by atoms with E-state index >= 15 is 0 Å². The van der Waals surface area contributed by atoms with Gasteiger partial charge in [-0.2, -0.15) is 0 Å². The zero-order valence-electron chi connectivity index (χ0n) is 15.2. The zero-order chi connectivity index (χ0) is 19.3. The van der Waals surface area contributed by atoms with Crippen molar-refractivity contribution in [3.05, 3.63) is 83.4 Å². The van der Waals surface area contributed by atoms with E-state index in [1.54, 1.807) is 13.2 Å². The van der Waals surface area contributed by atoms with Crippen LogP contribution in [0.2, 0.25) is 5.02 Å². The molecule has 6 heteroatoms. The first-order valence-electron chi connectivity index (χ1n) is 8.79. The van der Waals surface area contributed by atoms with E-state index in [1.807, 2.05) is 66.7 Å². The molecule has 1 aromatic heterocycles. The van der Waals surface area contributed by atoms with Gasteiger partial charge in [-0.05, 0) is 35.9 Å². The van der Waals surface area contributed by atoms with E-state index in [0.29, 0.717) is 23.3 Å². The summed E-state index contributed by atoms with van der Waals surface area (Å²) in [5.41, 5.74) is 3.61. The molecule has 0 aliphatic carbocycles. The maximum absolute atomic E-state index is 6.24. The van der Waals surface area contributed by atoms with Crippen LogP contribution in [0.4, 0.5) is 5.69 Å². The molecule has 0 spiro atoms. The second-order valence-electron chi connectivity index (χ2n) is 6.13. The van der Waals surface area contributed by atoms with Gasteiger partial charge in [-0.15, -0.1) is 10.2 Å². The number of nitrogens with one attached hydrogen (secondary N) is 1. The molecule has 0 saturated heterocycles. The molecule has 0 fully saturated rings. The first-order chi connectivity index (χ1) is 13.7. The van der Waals surface area contributed by atoms with Crippen molar-refractivity contribution in [2.75, 3.05) is 12.4 Å². The molecule has 3 aromatic carbocycles. The van der Waals surface area contributed by atoms with Crippen LogP contribution in [0.5, 0.6) is 5.75 Å². The van der Waals surface area contributed by atoms with Gasteiger partial charge >= 0.3 is 0 Å². The van der Waals surface area contributed by atoms with Gasteiger partial charge in [0.25, 0.3) is 0 Å². The highest BCUT2D eigenvalue weighted by atomic mass is 35.5. The van der Waals surface area contributed by atoms with E-state index in [4.69, 9.17) is 20.8 Å². The number of ether oxygens (including phenoxy) is 1. The highest BCUT2D eigenvalue weighted by Crippen LogP contribution is 2.30. The molecule has 5 nitrogen and oxygen atoms in total. The molecular formula is C22H18ClN3O2. The number of halogens is 1. The molecule has 0 aliphatic rings. The molecule has 1 heterocycles. The molecule has 4 aromatic rings. The maximum atomic E-state index is 6.24. The Morgan fingerprint density at radius 3 is 2.39 bits per heavy atom. The average molecular weight is 392 g/mol. The van der Waals surface area contributed by atoms with Gasteiger partial charge < -0.3 is 14.5 Å². The second-order valence-corrected chi connectivity index (χ2v) is 6.54. The third-order valence-electron chi connectivity index (χ3n) is 4.33. The van der Waals surface area contributed by atoms with Crippen molar-refractivity contribution in [1.82, 2.24) is 10.2 Å². The minimum atomic E-state index is 0.399. The lowest BCUT2D eigenvalue weighted by atomic mass is 10.1. The van der Waals surface area contributed by atoms with Gasteiger partial charge in [-0.1, -0.05) is 48.0 Å². The summed E-state index contributed by atoms with van der Waals surface area (Å²) >= 11 is 6.24. The first kappa shape index (κ1) is 18.1. The van der Waals surface area contributed by atoms with Crippen LogP contribution in [0.25, 0.3) is 22.9 Å². The lowest BCUT2D eigenvalue weighted by molar-refractivity contribution is 0.415. The van der Waals surface area contributed by atoms with E-state index in [9.17, 15) is 0 Å². The first-order valence-corrected chi connectivity index (χ1v) is 9.17. The highest BCUT2D eigenvalue weighted by Gasteiger charge is 2.15. The van der Waals surface area contributed by atoms with Gasteiger partial charge in [-0.3, -0.25) is 0 Å². The predicted molar refractivity (Wildman–Crippen MR) is 111 cm³/mol. The third-order valence-corrected chi connectivity index (χ3v) is 4.66. The maximum Gasteiger partial charge on any atom is 0.249 e. The van der Waals surface area contributed by atoms with Gasteiger partial charge in [0.1, 0.15) is 5.75 Å². The Bertz CT molecular complexity index is 1090. The van der Waals surface area contributed by atoms with Crippen molar-refractivity contribution in [3.8, 4) is 28.7 Å². The van der Waals surface area contributed by atoms with Crippen LogP contribution in [-0.2, 0) is 6.54 Å². The van der Waals surface area contributed by atoms with Gasteiger partial charge in [0.15, 0.2) is 0 Å². The number of benzene rings is 3. The summed E-state index contributed by atoms with van der Waals surface area (Å²) in [7, 11) is 1.65. The standard InChI is InChI=1S/C22H18ClN3O2/c1-27-17-9-6-8-16(13-17)24-14-15-7-2-3-10-18(15)21-25-26-22(28-21)19-11-4-5-12-20(19)23/h2-13,24H,14H2,1H3. The van der Waals surface area contributed by atoms with Gasteiger partial charge in [0, 0.05) is 23.9 Å². The van der Waals surface area contributed by atoms with Crippen LogP contribution in [0, 0.1) is 0 Å². The molecule has 0 unspecified atom stereocenters. The number of methoxy groups -OCH3 is 1. The number of aromatic nitrogens is 2. The van der Waals surface area contributed by atoms with Crippen LogP contribution in [0.15, 0.2) is 77.2 Å². The van der Waals surface area contributed by atoms with Crippen molar-refractivity contribution in [2.24, 2.45) is 0 Å². The Hall–Kier alpha value is -3.31. The molecule has 0 aliphatic heterocycles. The van der Waals surface area contributed by atoms with Gasteiger partial charge in [0.2, 0.25) is 11.8 Å². The minimum absolute atomic E-state index is 0.399. The van der Waals surface area contributed by atoms with Gasteiger partial charge in [-0.25, -0.2) is 0 Å². The number of anilines is 1. The van der Waals surface area contributed by atoms with Crippen LogP contribution in [0.1, 0.15) is 5.56 Å². The minimum Gasteiger partial charge on any atom is -0.497 e. The van der Waals surface area contributed by atoms with Crippen LogP contribution >= 0.6 is 11.6 Å². The summed E-state index contributed by atoms with van der Waals surface area (Å²) in [4.78, 5) is 0. The Morgan fingerprint density at radius 2 is 1.61 bits per heavy atom. The van der Waals surface area contributed by atoms with E-state index in [1.165, 1.54) is 0 Å². The molecule has 0 radical (unpaired) electrons. The molecule has 1 N–H and O–H groups in total. The van der Waals surface area contributed by atoms with E-state index in [2.05, 4.69) is 15.5 Å². The molecular weight excluding hydrogens is 374 g/mol. The Balaban J connectivity index is 1.59. The van der Waals surface area contributed by atoms with Crippen molar-refractivity contribution in [2.45, 2.75) is 6.54 Å². The number of hydrogen-bond donors (Lipinski definition) is 1. The van der Waals surface area contributed by atoms with E-state index < -0.39 is 0 Å². The summed E-state index contributed by atoms with van der Waals surface area (Å²) in [5, 5.41) is 12.4. The summed E-state index contributed by atoms with van der Waals surface area (Å²) in [5.74, 6) is 1.66. The average Bonchev–Trinajstić information content (AvgIpc) is 3.23. The van der Waals surface area contributed by atoms with E-state index in [0.717, 1.165) is 28.1 Å². The normalized spacial score (nSPS) is 10.6. The lowest BCUT2D eigenvalue weighted by Gasteiger charge is -2.10. The van der Waals surface area contributed by atoms with Crippen LogP contribution in [0.3, 0.4) is 0 Å². The SMILES string of the molecule is COc1cccc(NCc2ccccc2-c2nnc(-c3ccccc3Cl)o2)c1. The molecule has 0 bridgehead atoms. The van der Waals surface area contributed by atoms with Gasteiger partial charge in [0.05, 0.1) is 17.7 Å². The summed E-state index contributed by atoms with van der Waals surface area (Å²) in [6.45, 7) is 0.604. The van der Waals surface area contributed by atoms with Crippen molar-refractivity contribution in [1.29, 1.82) is 0 Å². The number of hydrogen-bond acceptors (Lipinski definition) is 5. The number of nitrogens with zero attached hydrogens (tertiary/aromatic N) is 2. The third kappa shape index (κ3) is 3.85. The fourth-order valence-electron chi connectivity index (χ4n) is 2.89. The Labute approximate surface area is 168 Å². The fraction of sp³-hybridized carbons (Fsp3) is 0.0909. The molecule has 0 amide bonds. The van der Waals surface area contributed by atoms with Crippen molar-refractivity contribution in [3.63, 3.8) is 0 Å². The van der Waals surface area contributed by atoms with Crippen LogP contribution < -0.4 is 10.1 Å². The smallest absolute Gasteiger partial charge is 0.249 e. The summed E-state index contributed by atoms with van der Waals surface area (Å²) in [6.07, 6.45) is 0. The van der Waals surface area contributed by atoms with Crippen molar-refractivity contribution < 1.29 is 9.15 Å². The quantitative estimate of drug-likeness (QED) is 0.458. The van der Waals surface area contributed by atoms with Crippen molar-refractivity contribution >= 4 is 17.3 Å². The van der Waals surface area contributed by atoms with Crippen LogP contribution in [-0.4, -0.2) is 17.3 Å². The Kier molecular flexibility index (Phi) is 5.26. The van der Waals surface area contributed by atoms with E-state index in [-0.39, 0.29) is 0 Å². The fourth-order valence-corrected chi connectivity index (χ4v) is 3.11. The predicted octanol–water partition coefficient (Wildman–Crippen LogP) is 5.68. The second kappa shape index (κ2) is 8.15. The lowest BCUT2D eigenvalue weighted by Crippen LogP contribution is -2.01. The molecule has 0 atom stereocenters. The molecule has 4 rings (SSSR count). The molecule has 28 heavy (non-hydrogen) atoms. The molecule has 140 valence electrons. The largest absolute Gasteiger partial charge is 0.497 e.